The van der Waals surface area contributed by atoms with Gasteiger partial charge in [-0.1, -0.05) is 17.8 Å². The summed E-state index contributed by atoms with van der Waals surface area (Å²) in [4.78, 5) is 11.2. The number of aryl methyl sites for hydroxylation is 1. The minimum atomic E-state index is -0.455. The van der Waals surface area contributed by atoms with E-state index in [9.17, 15) is 4.79 Å². The molecular formula is C6H7ClN2OS. The number of rotatable bonds is 3. The highest BCUT2D eigenvalue weighted by atomic mass is 35.5. The van der Waals surface area contributed by atoms with Crippen molar-refractivity contribution < 1.29 is 4.79 Å². The summed E-state index contributed by atoms with van der Waals surface area (Å²) in [7, 11) is 0. The van der Waals surface area contributed by atoms with Gasteiger partial charge in [0.25, 0.3) is 5.24 Å². The summed E-state index contributed by atoms with van der Waals surface area (Å²) in [6, 6.07) is 0. The lowest BCUT2D eigenvalue weighted by molar-refractivity contribution is 0.108. The summed E-state index contributed by atoms with van der Waals surface area (Å²) in [5, 5.41) is 3.34. The van der Waals surface area contributed by atoms with Gasteiger partial charge in [-0.15, -0.1) is 5.10 Å². The van der Waals surface area contributed by atoms with E-state index in [-0.39, 0.29) is 0 Å². The van der Waals surface area contributed by atoms with Crippen LogP contribution in [0.5, 0.6) is 0 Å². The third-order valence-corrected chi connectivity index (χ3v) is 2.29. The van der Waals surface area contributed by atoms with Crippen LogP contribution in [-0.4, -0.2) is 14.8 Å². The fraction of sp³-hybridized carbons (Fsp3) is 0.500. The summed E-state index contributed by atoms with van der Waals surface area (Å²) in [5.41, 5.74) is 0.720. The molecule has 0 spiro atoms. The molecule has 0 radical (unpaired) electrons. The Hall–Kier alpha value is -0.480. The van der Waals surface area contributed by atoms with Crippen LogP contribution in [0, 0.1) is 0 Å². The zero-order valence-corrected chi connectivity index (χ0v) is 7.58. The fourth-order valence-corrected chi connectivity index (χ4v) is 1.51. The first kappa shape index (κ1) is 8.62. The summed E-state index contributed by atoms with van der Waals surface area (Å²) >= 11 is 6.33. The number of aromatic nitrogens is 2. The molecule has 60 valence electrons. The van der Waals surface area contributed by atoms with Crippen molar-refractivity contribution in [3.05, 3.63) is 10.6 Å². The number of hydrogen-bond donors (Lipinski definition) is 0. The summed E-state index contributed by atoms with van der Waals surface area (Å²) in [6.45, 7) is 2.02. The van der Waals surface area contributed by atoms with Crippen molar-refractivity contribution in [2.45, 2.75) is 19.8 Å². The molecule has 0 aromatic carbocycles. The number of nitrogens with zero attached hydrogens (tertiary/aromatic N) is 2. The molecule has 0 saturated heterocycles. The zero-order chi connectivity index (χ0) is 8.27. The van der Waals surface area contributed by atoms with Crippen LogP contribution in [0.15, 0.2) is 0 Å². The van der Waals surface area contributed by atoms with E-state index in [2.05, 4.69) is 9.59 Å². The van der Waals surface area contributed by atoms with Crippen molar-refractivity contribution in [1.82, 2.24) is 9.59 Å². The molecule has 0 aliphatic heterocycles. The summed E-state index contributed by atoms with van der Waals surface area (Å²) in [5.74, 6) is 0. The van der Waals surface area contributed by atoms with E-state index < -0.39 is 5.24 Å². The van der Waals surface area contributed by atoms with Crippen LogP contribution in [0.4, 0.5) is 0 Å². The maximum absolute atomic E-state index is 10.7. The number of carbonyl (C=O) groups is 1. The van der Waals surface area contributed by atoms with E-state index in [1.807, 2.05) is 6.92 Å². The molecule has 1 aromatic heterocycles. The average molecular weight is 191 g/mol. The molecule has 0 bridgehead atoms. The zero-order valence-electron chi connectivity index (χ0n) is 6.00. The van der Waals surface area contributed by atoms with E-state index in [0.717, 1.165) is 30.1 Å². The normalized spacial score (nSPS) is 10.0. The standard InChI is InChI=1S/C6H7ClN2OS/c1-2-3-4-5(6(7)10)11-9-8-4/h2-3H2,1H3. The lowest BCUT2D eigenvalue weighted by Crippen LogP contribution is -1.92. The topological polar surface area (TPSA) is 42.9 Å². The Balaban J connectivity index is 2.87. The molecule has 3 nitrogen and oxygen atoms in total. The average Bonchev–Trinajstić information content (AvgIpc) is 2.36. The molecule has 1 heterocycles. The van der Waals surface area contributed by atoms with E-state index in [0.29, 0.717) is 4.88 Å². The van der Waals surface area contributed by atoms with Crippen molar-refractivity contribution in [2.24, 2.45) is 0 Å². The Labute approximate surface area is 73.5 Å². The predicted octanol–water partition coefficient (Wildman–Crippen LogP) is 1.87. The van der Waals surface area contributed by atoms with Gasteiger partial charge in [0.05, 0.1) is 5.69 Å². The van der Waals surface area contributed by atoms with Gasteiger partial charge >= 0.3 is 0 Å². The number of halogens is 1. The van der Waals surface area contributed by atoms with Crippen LogP contribution in [0.3, 0.4) is 0 Å². The Morgan fingerprint density at radius 1 is 1.73 bits per heavy atom. The summed E-state index contributed by atoms with van der Waals surface area (Å²) < 4.78 is 3.65. The highest BCUT2D eigenvalue weighted by Crippen LogP contribution is 2.14. The van der Waals surface area contributed by atoms with Crippen molar-refractivity contribution in [3.8, 4) is 0 Å². The molecule has 0 unspecified atom stereocenters. The molecule has 0 atom stereocenters. The van der Waals surface area contributed by atoms with Crippen molar-refractivity contribution in [1.29, 1.82) is 0 Å². The molecule has 0 saturated carbocycles. The first-order chi connectivity index (χ1) is 5.25. The Morgan fingerprint density at radius 2 is 2.45 bits per heavy atom. The Morgan fingerprint density at radius 3 is 3.00 bits per heavy atom. The minimum Gasteiger partial charge on any atom is -0.275 e. The second-order valence-corrected chi connectivity index (χ2v) is 3.17. The SMILES string of the molecule is CCCc1nnsc1C(=O)Cl. The quantitative estimate of drug-likeness (QED) is 0.684. The molecular weight excluding hydrogens is 184 g/mol. The van der Waals surface area contributed by atoms with E-state index in [1.54, 1.807) is 0 Å². The Kier molecular flexibility index (Phi) is 2.96. The number of hydrogen-bond acceptors (Lipinski definition) is 4. The second-order valence-electron chi connectivity index (χ2n) is 2.07. The van der Waals surface area contributed by atoms with Crippen molar-refractivity contribution in [2.75, 3.05) is 0 Å². The van der Waals surface area contributed by atoms with Crippen LogP contribution < -0.4 is 0 Å². The first-order valence-corrected chi connectivity index (χ1v) is 4.42. The lowest BCUT2D eigenvalue weighted by atomic mass is 10.2. The third kappa shape index (κ3) is 1.97. The van der Waals surface area contributed by atoms with Gasteiger partial charge in [0.15, 0.2) is 0 Å². The molecule has 0 N–H and O–H groups in total. The Bertz CT molecular complexity index is 261. The highest BCUT2D eigenvalue weighted by molar-refractivity contribution is 7.10. The molecule has 1 aromatic rings. The van der Waals surface area contributed by atoms with E-state index in [4.69, 9.17) is 11.6 Å². The van der Waals surface area contributed by atoms with Gasteiger partial charge in [-0.05, 0) is 29.6 Å². The summed E-state index contributed by atoms with van der Waals surface area (Å²) in [6.07, 6.45) is 1.72. The maximum Gasteiger partial charge on any atom is 0.265 e. The molecule has 0 amide bonds. The van der Waals surface area contributed by atoms with Gasteiger partial charge in [0.2, 0.25) is 0 Å². The van der Waals surface area contributed by atoms with Gasteiger partial charge in [-0.2, -0.15) is 0 Å². The molecule has 1 rings (SSSR count). The molecule has 0 fully saturated rings. The van der Waals surface area contributed by atoms with Gasteiger partial charge in [0, 0.05) is 0 Å². The van der Waals surface area contributed by atoms with Crippen molar-refractivity contribution >= 4 is 28.4 Å². The molecule has 0 aliphatic rings. The lowest BCUT2D eigenvalue weighted by Gasteiger charge is -1.90. The molecule has 0 aliphatic carbocycles. The van der Waals surface area contributed by atoms with Crippen molar-refractivity contribution in [3.63, 3.8) is 0 Å². The van der Waals surface area contributed by atoms with Crippen LogP contribution in [0.1, 0.15) is 28.7 Å². The van der Waals surface area contributed by atoms with Crippen LogP contribution >= 0.6 is 23.1 Å². The van der Waals surface area contributed by atoms with E-state index >= 15 is 0 Å². The van der Waals surface area contributed by atoms with Gasteiger partial charge in [-0.3, -0.25) is 4.79 Å². The smallest absolute Gasteiger partial charge is 0.265 e. The van der Waals surface area contributed by atoms with Crippen LogP contribution in [0.2, 0.25) is 0 Å². The molecule has 5 heteroatoms. The molecule has 11 heavy (non-hydrogen) atoms. The van der Waals surface area contributed by atoms with Gasteiger partial charge in [0.1, 0.15) is 4.88 Å². The van der Waals surface area contributed by atoms with Crippen LogP contribution in [-0.2, 0) is 6.42 Å². The largest absolute Gasteiger partial charge is 0.275 e. The maximum atomic E-state index is 10.7. The predicted molar refractivity (Wildman–Crippen MR) is 44.1 cm³/mol. The van der Waals surface area contributed by atoms with Gasteiger partial charge in [-0.25, -0.2) is 0 Å². The van der Waals surface area contributed by atoms with Crippen LogP contribution in [0.25, 0.3) is 0 Å². The van der Waals surface area contributed by atoms with Gasteiger partial charge < -0.3 is 0 Å². The second kappa shape index (κ2) is 3.78. The highest BCUT2D eigenvalue weighted by Gasteiger charge is 2.12. The number of carbonyl (C=O) groups excluding carboxylic acids is 1. The van der Waals surface area contributed by atoms with E-state index in [1.165, 1.54) is 0 Å². The minimum absolute atomic E-state index is 0.455. The monoisotopic (exact) mass is 190 g/mol. The first-order valence-electron chi connectivity index (χ1n) is 3.26. The third-order valence-electron chi connectivity index (χ3n) is 1.22. The fourth-order valence-electron chi connectivity index (χ4n) is 0.758.